The molecule has 0 aromatic carbocycles. The Kier molecular flexibility index (Phi) is 20.9. The van der Waals surface area contributed by atoms with Crippen molar-refractivity contribution in [1.82, 2.24) is 24.8 Å². The van der Waals surface area contributed by atoms with E-state index in [9.17, 15) is 28.8 Å². The van der Waals surface area contributed by atoms with E-state index in [0.717, 1.165) is 69.2 Å². The number of aliphatic carboxylic acids is 6. The standard InChI is InChI=1S/C17H28N6.3C4H4O4/c1-3-22(4-2)12-13-23-16-15(6-5-9-19-16)21-17(23)20-14-7-10-18-11-8-14;3*5-3(6)1-2-4(7)8/h5-6,9,14,18H,3-4,7-8,10-13H2,1-2H3,(H,20,21);3*1-2H,(H,5,6)(H,7,8). The summed E-state index contributed by atoms with van der Waals surface area (Å²) in [5.74, 6) is -6.57. The predicted octanol–water partition coefficient (Wildman–Crippen LogP) is 1.07. The molecule has 0 radical (unpaired) electrons. The summed E-state index contributed by atoms with van der Waals surface area (Å²) in [5, 5.41) is 53.9. The molecule has 0 saturated carbocycles. The minimum atomic E-state index is -1.26. The van der Waals surface area contributed by atoms with E-state index in [0.29, 0.717) is 42.5 Å². The van der Waals surface area contributed by atoms with E-state index in [1.54, 1.807) is 0 Å². The van der Waals surface area contributed by atoms with Crippen LogP contribution in [0.4, 0.5) is 5.95 Å². The molecule has 0 amide bonds. The number of aromatic nitrogens is 3. The van der Waals surface area contributed by atoms with Gasteiger partial charge in [-0.25, -0.2) is 38.7 Å². The highest BCUT2D eigenvalue weighted by Crippen LogP contribution is 2.20. The summed E-state index contributed by atoms with van der Waals surface area (Å²) in [6, 6.07) is 4.50. The van der Waals surface area contributed by atoms with Crippen LogP contribution in [0.1, 0.15) is 26.7 Å². The molecule has 3 rings (SSSR count). The molecule has 47 heavy (non-hydrogen) atoms. The van der Waals surface area contributed by atoms with Crippen LogP contribution >= 0.6 is 0 Å². The Morgan fingerprint density at radius 1 is 0.809 bits per heavy atom. The number of carboxylic acid groups (broad SMARTS) is 6. The largest absolute Gasteiger partial charge is 0.478 e. The number of nitrogens with zero attached hydrogens (tertiary/aromatic N) is 4. The lowest BCUT2D eigenvalue weighted by Gasteiger charge is -2.25. The average Bonchev–Trinajstić information content (AvgIpc) is 3.36. The van der Waals surface area contributed by atoms with Gasteiger partial charge in [0.05, 0.1) is 0 Å². The van der Waals surface area contributed by atoms with Crippen LogP contribution in [0.3, 0.4) is 0 Å². The maximum Gasteiger partial charge on any atom is 0.328 e. The zero-order valence-electron chi connectivity index (χ0n) is 25.9. The van der Waals surface area contributed by atoms with Gasteiger partial charge in [-0.2, -0.15) is 0 Å². The second kappa shape index (κ2) is 23.7. The number of hydrogen-bond donors (Lipinski definition) is 8. The van der Waals surface area contributed by atoms with E-state index < -0.39 is 35.8 Å². The van der Waals surface area contributed by atoms with Crippen LogP contribution in [-0.4, -0.2) is 125 Å². The summed E-state index contributed by atoms with van der Waals surface area (Å²) >= 11 is 0. The third kappa shape index (κ3) is 20.9. The predicted molar refractivity (Wildman–Crippen MR) is 168 cm³/mol. The second-order valence-electron chi connectivity index (χ2n) is 9.16. The Morgan fingerprint density at radius 2 is 1.23 bits per heavy atom. The summed E-state index contributed by atoms with van der Waals surface area (Å²) in [6.45, 7) is 10.7. The fourth-order valence-electron chi connectivity index (χ4n) is 3.64. The molecular weight excluding hydrogens is 624 g/mol. The van der Waals surface area contributed by atoms with Crippen LogP contribution in [0.5, 0.6) is 0 Å². The van der Waals surface area contributed by atoms with Crippen LogP contribution in [-0.2, 0) is 35.3 Å². The molecule has 0 atom stereocenters. The van der Waals surface area contributed by atoms with Gasteiger partial charge in [0, 0.05) is 61.8 Å². The van der Waals surface area contributed by atoms with Crippen molar-refractivity contribution in [3.63, 3.8) is 0 Å². The Hall–Kier alpha value is -5.62. The average molecular weight is 665 g/mol. The Bertz CT molecular complexity index is 1280. The second-order valence-corrected chi connectivity index (χ2v) is 9.16. The number of nitrogens with one attached hydrogen (secondary N) is 2. The number of fused-ring (bicyclic) bond motifs is 1. The monoisotopic (exact) mass is 664 g/mol. The molecule has 1 saturated heterocycles. The number of pyridine rings is 1. The summed E-state index contributed by atoms with van der Waals surface area (Å²) in [6.07, 6.45) is 7.49. The Balaban J connectivity index is 0.000000727. The van der Waals surface area contributed by atoms with E-state index in [1.165, 1.54) is 0 Å². The molecule has 1 aliphatic heterocycles. The van der Waals surface area contributed by atoms with Gasteiger partial charge in [-0.3, -0.25) is 4.57 Å². The molecule has 18 nitrogen and oxygen atoms in total. The van der Waals surface area contributed by atoms with Crippen molar-refractivity contribution < 1.29 is 59.4 Å². The zero-order chi connectivity index (χ0) is 35.8. The molecule has 18 heteroatoms. The van der Waals surface area contributed by atoms with Gasteiger partial charge in [-0.15, -0.1) is 0 Å². The smallest absolute Gasteiger partial charge is 0.328 e. The SMILES string of the molecule is CCN(CC)CCn1c(NC2CCNCC2)nc2cccnc21.O=C(O)C=CC(=O)O.O=C(O)C=CC(=O)O.O=C(O)C=CC(=O)O. The fourth-order valence-corrected chi connectivity index (χ4v) is 3.64. The minimum Gasteiger partial charge on any atom is -0.478 e. The topological polar surface area (TPSA) is 282 Å². The lowest BCUT2D eigenvalue weighted by atomic mass is 10.1. The van der Waals surface area contributed by atoms with Crippen LogP contribution in [0.15, 0.2) is 54.8 Å². The molecule has 1 fully saturated rings. The van der Waals surface area contributed by atoms with Crippen LogP contribution in [0.25, 0.3) is 11.2 Å². The van der Waals surface area contributed by atoms with E-state index >= 15 is 0 Å². The molecule has 0 aliphatic carbocycles. The first-order valence-electron chi connectivity index (χ1n) is 14.1. The van der Waals surface area contributed by atoms with Gasteiger partial charge >= 0.3 is 35.8 Å². The first kappa shape index (κ1) is 41.4. The van der Waals surface area contributed by atoms with Gasteiger partial charge in [-0.1, -0.05) is 13.8 Å². The number of likely N-dealkylation sites (N-methyl/N-ethyl adjacent to an activating group) is 1. The lowest BCUT2D eigenvalue weighted by molar-refractivity contribution is -0.134. The maximum absolute atomic E-state index is 9.55. The van der Waals surface area contributed by atoms with Crippen molar-refractivity contribution >= 4 is 52.9 Å². The van der Waals surface area contributed by atoms with Crippen LogP contribution in [0, 0.1) is 0 Å². The number of hydrogen-bond acceptors (Lipinski definition) is 11. The first-order valence-corrected chi connectivity index (χ1v) is 14.1. The van der Waals surface area contributed by atoms with Crippen molar-refractivity contribution in [3.05, 3.63) is 54.8 Å². The van der Waals surface area contributed by atoms with Gasteiger partial charge in [0.15, 0.2) is 5.65 Å². The molecule has 0 spiro atoms. The van der Waals surface area contributed by atoms with Crippen molar-refractivity contribution in [2.45, 2.75) is 39.3 Å². The minimum absolute atomic E-state index is 0.500. The summed E-state index contributed by atoms with van der Waals surface area (Å²) in [5.41, 5.74) is 1.96. The number of piperidine rings is 1. The van der Waals surface area contributed by atoms with Crippen molar-refractivity contribution in [1.29, 1.82) is 0 Å². The molecule has 0 unspecified atom stereocenters. The maximum atomic E-state index is 9.55. The number of imidazole rings is 1. The van der Waals surface area contributed by atoms with Crippen LogP contribution < -0.4 is 10.6 Å². The van der Waals surface area contributed by atoms with Crippen molar-refractivity contribution in [2.75, 3.05) is 38.0 Å². The number of rotatable bonds is 13. The third-order valence-corrected chi connectivity index (χ3v) is 5.82. The number of carboxylic acids is 6. The molecule has 0 bridgehead atoms. The quantitative estimate of drug-likeness (QED) is 0.139. The summed E-state index contributed by atoms with van der Waals surface area (Å²) in [7, 11) is 0. The summed E-state index contributed by atoms with van der Waals surface area (Å²) < 4.78 is 2.25. The third-order valence-electron chi connectivity index (χ3n) is 5.82. The molecule has 2 aromatic heterocycles. The van der Waals surface area contributed by atoms with E-state index in [-0.39, 0.29) is 0 Å². The molecule has 8 N–H and O–H groups in total. The molecular formula is C29H40N6O12. The lowest BCUT2D eigenvalue weighted by Crippen LogP contribution is -2.36. The molecule has 258 valence electrons. The van der Waals surface area contributed by atoms with Crippen molar-refractivity contribution in [3.8, 4) is 0 Å². The van der Waals surface area contributed by atoms with Crippen LogP contribution in [0.2, 0.25) is 0 Å². The Labute approximate surface area is 269 Å². The van der Waals surface area contributed by atoms with E-state index in [4.69, 9.17) is 35.6 Å². The molecule has 1 aliphatic rings. The first-order chi connectivity index (χ1) is 22.2. The zero-order valence-corrected chi connectivity index (χ0v) is 25.9. The van der Waals surface area contributed by atoms with Crippen molar-refractivity contribution in [2.24, 2.45) is 0 Å². The number of carbonyl (C=O) groups is 6. The molecule has 3 heterocycles. The fraction of sp³-hybridized carbons (Fsp3) is 0.379. The van der Waals surface area contributed by atoms with Gasteiger partial charge in [0.25, 0.3) is 0 Å². The van der Waals surface area contributed by atoms with Gasteiger partial charge in [0.1, 0.15) is 5.52 Å². The highest BCUT2D eigenvalue weighted by molar-refractivity contribution is 5.90. The van der Waals surface area contributed by atoms with E-state index in [2.05, 4.69) is 38.9 Å². The normalized spacial score (nSPS) is 12.8. The highest BCUT2D eigenvalue weighted by atomic mass is 16.4. The molecule has 2 aromatic rings. The van der Waals surface area contributed by atoms with Gasteiger partial charge in [0.2, 0.25) is 5.95 Å². The Morgan fingerprint density at radius 3 is 1.62 bits per heavy atom. The van der Waals surface area contributed by atoms with Gasteiger partial charge in [-0.05, 0) is 51.2 Å². The highest BCUT2D eigenvalue weighted by Gasteiger charge is 2.18. The van der Waals surface area contributed by atoms with Gasteiger partial charge < -0.3 is 46.2 Å². The van der Waals surface area contributed by atoms with E-state index in [1.807, 2.05) is 18.3 Å². The summed E-state index contributed by atoms with van der Waals surface area (Å²) in [4.78, 5) is 69.1. The number of anilines is 1.